The zero-order valence-electron chi connectivity index (χ0n) is 12.8. The van der Waals surface area contributed by atoms with Crippen molar-refractivity contribution >= 4 is 0 Å². The van der Waals surface area contributed by atoms with Gasteiger partial charge in [-0.1, -0.05) is 0 Å². The number of hydrogen-bond acceptors (Lipinski definition) is 2. The second-order valence-corrected chi connectivity index (χ2v) is 5.71. The molecule has 2 atom stereocenters. The van der Waals surface area contributed by atoms with Crippen LogP contribution in [0.3, 0.4) is 0 Å². The molecule has 0 aliphatic carbocycles. The normalized spacial score (nSPS) is 22.3. The van der Waals surface area contributed by atoms with Crippen molar-refractivity contribution < 1.29 is 62.2 Å². The topological polar surface area (TPSA) is 21.8 Å². The molecule has 14 heteroatoms. The summed E-state index contributed by atoms with van der Waals surface area (Å²) in [4.78, 5) is 0. The predicted octanol–water partition coefficient (Wildman–Crippen LogP) is 4.62. The highest BCUT2D eigenvalue weighted by Gasteiger charge is 2.88. The fraction of sp³-hybridized carbons (Fsp3) is 1.00. The minimum atomic E-state index is -7.49. The molecule has 0 N–H and O–H groups in total. The molecule has 1 aliphatic rings. The summed E-state index contributed by atoms with van der Waals surface area (Å²) in [5.74, 6) is -27.5. The molecule has 26 heavy (non-hydrogen) atoms. The van der Waals surface area contributed by atoms with E-state index in [0.29, 0.717) is 0 Å². The monoisotopic (exact) mass is 416 g/mol. The number of epoxide rings is 1. The average Bonchev–Trinajstić information content (AvgIpc) is 3.25. The van der Waals surface area contributed by atoms with E-state index in [0.717, 1.165) is 0 Å². The number of ether oxygens (including phenoxy) is 2. The number of alkyl halides is 12. The van der Waals surface area contributed by atoms with Crippen molar-refractivity contribution in [3.63, 3.8) is 0 Å². The molecular formula is C12H12F12O2. The molecule has 1 rings (SSSR count). The van der Waals surface area contributed by atoms with Gasteiger partial charge in [0.25, 0.3) is 5.92 Å². The van der Waals surface area contributed by atoms with Crippen molar-refractivity contribution in [3.8, 4) is 0 Å². The van der Waals surface area contributed by atoms with E-state index in [-0.39, 0.29) is 13.2 Å². The standard InChI is InChI=1S/C12H12F12O2/c1-7(13,8(14,15)2-3-25-4-6-5-26-6)9(16,17)10(18,19)11(20,21)12(22,23)24/h6H,2-5H2,1H3/t6-,7+/m0/s1. The van der Waals surface area contributed by atoms with Crippen LogP contribution in [0.2, 0.25) is 0 Å². The van der Waals surface area contributed by atoms with Gasteiger partial charge in [-0.25, -0.2) is 13.2 Å². The van der Waals surface area contributed by atoms with Gasteiger partial charge in [0.1, 0.15) is 6.10 Å². The highest BCUT2D eigenvalue weighted by Crippen LogP contribution is 2.59. The lowest BCUT2D eigenvalue weighted by molar-refractivity contribution is -0.422. The molecule has 1 saturated heterocycles. The molecule has 0 spiro atoms. The molecule has 156 valence electrons. The maximum Gasteiger partial charge on any atom is 0.460 e. The fourth-order valence-electron chi connectivity index (χ4n) is 1.71. The molecule has 0 aromatic carbocycles. The third kappa shape index (κ3) is 3.71. The third-order valence-electron chi connectivity index (χ3n) is 3.69. The van der Waals surface area contributed by atoms with E-state index in [9.17, 15) is 52.7 Å². The molecule has 0 saturated carbocycles. The van der Waals surface area contributed by atoms with Gasteiger partial charge in [-0.15, -0.1) is 0 Å². The van der Waals surface area contributed by atoms with Gasteiger partial charge in [0.15, 0.2) is 0 Å². The molecule has 1 fully saturated rings. The number of halogens is 12. The summed E-state index contributed by atoms with van der Waals surface area (Å²) in [6.07, 6.45) is -9.69. The molecule has 0 bridgehead atoms. The zero-order valence-corrected chi connectivity index (χ0v) is 12.8. The molecule has 1 heterocycles. The van der Waals surface area contributed by atoms with Gasteiger partial charge in [0.05, 0.1) is 19.8 Å². The summed E-state index contributed by atoms with van der Waals surface area (Å²) in [6.45, 7) is -2.15. The molecule has 0 aromatic rings. The maximum absolute atomic E-state index is 13.9. The summed E-state index contributed by atoms with van der Waals surface area (Å²) < 4.78 is 165. The van der Waals surface area contributed by atoms with Gasteiger partial charge in [-0.3, -0.25) is 0 Å². The van der Waals surface area contributed by atoms with Gasteiger partial charge >= 0.3 is 23.9 Å². The maximum atomic E-state index is 13.9. The van der Waals surface area contributed by atoms with Gasteiger partial charge in [-0.2, -0.15) is 39.5 Å². The van der Waals surface area contributed by atoms with E-state index >= 15 is 0 Å². The first-order valence-electron chi connectivity index (χ1n) is 6.79. The largest absolute Gasteiger partial charge is 0.460 e. The Morgan fingerprint density at radius 2 is 1.27 bits per heavy atom. The van der Waals surface area contributed by atoms with Crippen LogP contribution in [0.15, 0.2) is 0 Å². The SMILES string of the molecule is C[C@@](F)(C(F)(F)CCOC[C@H]1CO1)C(F)(F)C(F)(F)C(F)(F)C(F)(F)F. The average molecular weight is 416 g/mol. The summed E-state index contributed by atoms with van der Waals surface area (Å²) >= 11 is 0. The van der Waals surface area contributed by atoms with Gasteiger partial charge in [-0.05, 0) is 6.92 Å². The third-order valence-corrected chi connectivity index (χ3v) is 3.69. The van der Waals surface area contributed by atoms with E-state index < -0.39 is 61.6 Å². The van der Waals surface area contributed by atoms with Crippen LogP contribution in [-0.4, -0.2) is 61.5 Å². The second kappa shape index (κ2) is 6.60. The van der Waals surface area contributed by atoms with Gasteiger partial charge < -0.3 is 9.47 Å². The van der Waals surface area contributed by atoms with E-state index in [1.165, 1.54) is 0 Å². The predicted molar refractivity (Wildman–Crippen MR) is 60.5 cm³/mol. The minimum Gasteiger partial charge on any atom is -0.378 e. The van der Waals surface area contributed by atoms with Crippen molar-refractivity contribution in [2.24, 2.45) is 0 Å². The van der Waals surface area contributed by atoms with Crippen molar-refractivity contribution in [1.29, 1.82) is 0 Å². The van der Waals surface area contributed by atoms with Crippen molar-refractivity contribution in [2.45, 2.75) is 55.0 Å². The van der Waals surface area contributed by atoms with Crippen LogP contribution in [0.1, 0.15) is 13.3 Å². The quantitative estimate of drug-likeness (QED) is 0.311. The van der Waals surface area contributed by atoms with E-state index in [1.807, 2.05) is 0 Å². The Morgan fingerprint density at radius 1 is 0.808 bits per heavy atom. The highest BCUT2D eigenvalue weighted by atomic mass is 19.4. The molecule has 0 aromatic heterocycles. The minimum absolute atomic E-state index is 0.202. The van der Waals surface area contributed by atoms with Crippen molar-refractivity contribution in [3.05, 3.63) is 0 Å². The Kier molecular flexibility index (Phi) is 5.87. The van der Waals surface area contributed by atoms with E-state index in [1.54, 1.807) is 0 Å². The van der Waals surface area contributed by atoms with Crippen LogP contribution in [-0.2, 0) is 9.47 Å². The van der Waals surface area contributed by atoms with Crippen LogP contribution in [0, 0.1) is 0 Å². The lowest BCUT2D eigenvalue weighted by Gasteiger charge is -2.42. The number of rotatable bonds is 9. The summed E-state index contributed by atoms with van der Waals surface area (Å²) in [5.41, 5.74) is -5.75. The van der Waals surface area contributed by atoms with Gasteiger partial charge in [0.2, 0.25) is 5.67 Å². The molecule has 0 radical (unpaired) electrons. The Bertz CT molecular complexity index is 495. The van der Waals surface area contributed by atoms with Crippen LogP contribution in [0.25, 0.3) is 0 Å². The fourth-order valence-corrected chi connectivity index (χ4v) is 1.71. The Labute approximate surface area is 138 Å². The Balaban J connectivity index is 3.04. The van der Waals surface area contributed by atoms with E-state index in [2.05, 4.69) is 9.47 Å². The van der Waals surface area contributed by atoms with Crippen LogP contribution in [0.4, 0.5) is 52.7 Å². The molecular weight excluding hydrogens is 404 g/mol. The molecule has 0 amide bonds. The van der Waals surface area contributed by atoms with Crippen molar-refractivity contribution in [1.82, 2.24) is 0 Å². The molecule has 2 nitrogen and oxygen atoms in total. The molecule has 1 aliphatic heterocycles. The summed E-state index contributed by atoms with van der Waals surface area (Å²) in [7, 11) is 0. The Hall–Kier alpha value is -0.920. The highest BCUT2D eigenvalue weighted by molar-refractivity contribution is 5.12. The number of hydrogen-bond donors (Lipinski definition) is 0. The van der Waals surface area contributed by atoms with Crippen molar-refractivity contribution in [2.75, 3.05) is 19.8 Å². The first kappa shape index (κ1) is 23.1. The van der Waals surface area contributed by atoms with Gasteiger partial charge in [0, 0.05) is 6.42 Å². The first-order chi connectivity index (χ1) is 11.3. The lowest BCUT2D eigenvalue weighted by Crippen LogP contribution is -2.70. The Morgan fingerprint density at radius 3 is 1.65 bits per heavy atom. The summed E-state index contributed by atoms with van der Waals surface area (Å²) in [5, 5.41) is 0. The van der Waals surface area contributed by atoms with Crippen LogP contribution in [0.5, 0.6) is 0 Å². The zero-order chi connectivity index (χ0) is 20.8. The summed E-state index contributed by atoms with van der Waals surface area (Å²) in [6, 6.07) is 0. The smallest absolute Gasteiger partial charge is 0.378 e. The lowest BCUT2D eigenvalue weighted by atomic mass is 9.84. The van der Waals surface area contributed by atoms with Crippen LogP contribution < -0.4 is 0 Å². The molecule has 0 unspecified atom stereocenters. The first-order valence-corrected chi connectivity index (χ1v) is 6.79. The van der Waals surface area contributed by atoms with Crippen LogP contribution >= 0.6 is 0 Å². The van der Waals surface area contributed by atoms with E-state index in [4.69, 9.17) is 0 Å². The second-order valence-electron chi connectivity index (χ2n) is 5.71.